The summed E-state index contributed by atoms with van der Waals surface area (Å²) < 4.78 is 15.8. The van der Waals surface area contributed by atoms with Crippen LogP contribution in [0, 0.1) is 5.82 Å². The van der Waals surface area contributed by atoms with Gasteiger partial charge in [-0.2, -0.15) is 0 Å². The molecule has 2 aliphatic rings. The van der Waals surface area contributed by atoms with E-state index in [1.54, 1.807) is 18.2 Å². The highest BCUT2D eigenvalue weighted by Crippen LogP contribution is 2.23. The molecule has 154 valence electrons. The van der Waals surface area contributed by atoms with E-state index in [0.29, 0.717) is 23.6 Å². The summed E-state index contributed by atoms with van der Waals surface area (Å²) in [5, 5.41) is 2.77. The molecular formula is C22H27FN4O2. The summed E-state index contributed by atoms with van der Waals surface area (Å²) in [7, 11) is 0. The van der Waals surface area contributed by atoms with Crippen LogP contribution >= 0.6 is 0 Å². The molecule has 29 heavy (non-hydrogen) atoms. The maximum atomic E-state index is 13.8. The van der Waals surface area contributed by atoms with Crippen molar-refractivity contribution in [3.05, 3.63) is 52.9 Å². The Morgan fingerprint density at radius 2 is 1.72 bits per heavy atom. The Labute approximate surface area is 170 Å². The minimum absolute atomic E-state index is 0.0804. The number of carbonyl (C=O) groups excluding carboxylic acids is 2. The molecule has 1 saturated heterocycles. The van der Waals surface area contributed by atoms with Crippen LogP contribution in [0.2, 0.25) is 0 Å². The van der Waals surface area contributed by atoms with Gasteiger partial charge in [-0.1, -0.05) is 31.0 Å². The van der Waals surface area contributed by atoms with E-state index in [1.165, 1.54) is 6.07 Å². The number of rotatable bonds is 4. The summed E-state index contributed by atoms with van der Waals surface area (Å²) in [6.45, 7) is 2.29. The molecular weight excluding hydrogens is 371 g/mol. The Morgan fingerprint density at radius 3 is 2.48 bits per heavy atom. The number of benzene rings is 1. The summed E-state index contributed by atoms with van der Waals surface area (Å²) in [6.07, 6.45) is 6.98. The monoisotopic (exact) mass is 398 g/mol. The molecule has 1 N–H and O–H groups in total. The van der Waals surface area contributed by atoms with Crippen molar-refractivity contribution >= 4 is 11.8 Å². The van der Waals surface area contributed by atoms with Gasteiger partial charge in [-0.05, 0) is 38.2 Å². The van der Waals surface area contributed by atoms with Gasteiger partial charge < -0.3 is 14.8 Å². The first-order valence-electron chi connectivity index (χ1n) is 10.6. The number of amides is 2. The molecule has 1 aromatic carbocycles. The normalized spacial score (nSPS) is 16.8. The lowest BCUT2D eigenvalue weighted by Crippen LogP contribution is -2.34. The zero-order valence-electron chi connectivity index (χ0n) is 16.6. The van der Waals surface area contributed by atoms with E-state index in [9.17, 15) is 14.0 Å². The van der Waals surface area contributed by atoms with Crippen LogP contribution in [0.25, 0.3) is 0 Å². The Balaban J connectivity index is 1.56. The highest BCUT2D eigenvalue weighted by atomic mass is 19.1. The van der Waals surface area contributed by atoms with Gasteiger partial charge in [0.15, 0.2) is 5.82 Å². The van der Waals surface area contributed by atoms with Crippen LogP contribution in [0.4, 0.5) is 4.39 Å². The number of carbonyl (C=O) groups is 2. The third-order valence-electron chi connectivity index (χ3n) is 5.81. The minimum Gasteiger partial charge on any atom is -0.346 e. The smallest absolute Gasteiger partial charge is 0.289 e. The molecule has 0 unspecified atom stereocenters. The lowest BCUT2D eigenvalue weighted by atomic mass is 10.1. The van der Waals surface area contributed by atoms with Gasteiger partial charge in [0.1, 0.15) is 11.5 Å². The van der Waals surface area contributed by atoms with Gasteiger partial charge in [0.05, 0.1) is 5.69 Å². The molecule has 1 fully saturated rings. The molecule has 0 atom stereocenters. The first-order valence-corrected chi connectivity index (χ1v) is 10.6. The van der Waals surface area contributed by atoms with Gasteiger partial charge in [0, 0.05) is 31.7 Å². The van der Waals surface area contributed by atoms with Crippen LogP contribution in [0.3, 0.4) is 0 Å². The number of likely N-dealkylation sites (tertiary alicyclic amines) is 1. The lowest BCUT2D eigenvalue weighted by molar-refractivity contribution is 0.0743. The molecule has 2 amide bonds. The van der Waals surface area contributed by atoms with Crippen molar-refractivity contribution in [3.63, 3.8) is 0 Å². The largest absolute Gasteiger partial charge is 0.346 e. The molecule has 0 saturated carbocycles. The minimum atomic E-state index is -0.353. The molecule has 1 aromatic heterocycles. The summed E-state index contributed by atoms with van der Waals surface area (Å²) in [6, 6.07) is 6.37. The number of hydrogen-bond acceptors (Lipinski definition) is 3. The van der Waals surface area contributed by atoms with Crippen molar-refractivity contribution in [1.82, 2.24) is 19.8 Å². The first-order chi connectivity index (χ1) is 14.1. The number of hydrogen-bond donors (Lipinski definition) is 1. The number of aromatic nitrogens is 2. The Hall–Kier alpha value is -2.70. The standard InChI is InChI=1S/C22H27FN4O2/c23-17-10-4-3-9-16(17)15-24-21(28)19-18-11-5-8-14-27(18)20(25-19)22(29)26-12-6-1-2-7-13-26/h3-4,9-10H,1-2,5-8,11-15H2,(H,24,28). The fourth-order valence-corrected chi connectivity index (χ4v) is 4.20. The molecule has 0 aliphatic carbocycles. The zero-order chi connectivity index (χ0) is 20.2. The third-order valence-corrected chi connectivity index (χ3v) is 5.81. The fourth-order valence-electron chi connectivity index (χ4n) is 4.20. The predicted octanol–water partition coefficient (Wildman–Crippen LogP) is 3.30. The van der Waals surface area contributed by atoms with Crippen LogP contribution in [-0.2, 0) is 19.5 Å². The van der Waals surface area contributed by atoms with Gasteiger partial charge in [0.25, 0.3) is 11.8 Å². The van der Waals surface area contributed by atoms with E-state index in [0.717, 1.165) is 63.7 Å². The summed E-state index contributed by atoms with van der Waals surface area (Å²) in [4.78, 5) is 32.4. The molecule has 3 heterocycles. The Bertz CT molecular complexity index is 900. The van der Waals surface area contributed by atoms with Crippen LogP contribution in [0.15, 0.2) is 24.3 Å². The highest BCUT2D eigenvalue weighted by molar-refractivity contribution is 5.97. The molecule has 2 aliphatic heterocycles. The van der Waals surface area contributed by atoms with Crippen molar-refractivity contribution in [2.45, 2.75) is 58.0 Å². The molecule has 2 aromatic rings. The maximum Gasteiger partial charge on any atom is 0.289 e. The van der Waals surface area contributed by atoms with Crippen molar-refractivity contribution < 1.29 is 14.0 Å². The SMILES string of the molecule is O=C(NCc1ccccc1F)c1nc(C(=O)N2CCCCCC2)n2c1CCCC2. The van der Waals surface area contributed by atoms with E-state index in [1.807, 2.05) is 9.47 Å². The summed E-state index contributed by atoms with van der Waals surface area (Å²) >= 11 is 0. The van der Waals surface area contributed by atoms with E-state index < -0.39 is 0 Å². The number of nitrogens with zero attached hydrogens (tertiary/aromatic N) is 3. The quantitative estimate of drug-likeness (QED) is 0.859. The number of halogens is 1. The zero-order valence-corrected chi connectivity index (χ0v) is 16.6. The van der Waals surface area contributed by atoms with Gasteiger partial charge >= 0.3 is 0 Å². The average molecular weight is 398 g/mol. The van der Waals surface area contributed by atoms with Crippen molar-refractivity contribution in [3.8, 4) is 0 Å². The van der Waals surface area contributed by atoms with Gasteiger partial charge in [0.2, 0.25) is 0 Å². The van der Waals surface area contributed by atoms with Gasteiger partial charge in [-0.3, -0.25) is 9.59 Å². The van der Waals surface area contributed by atoms with Crippen LogP contribution in [0.5, 0.6) is 0 Å². The number of nitrogens with one attached hydrogen (secondary N) is 1. The first kappa shape index (κ1) is 19.6. The summed E-state index contributed by atoms with van der Waals surface area (Å²) in [5.41, 5.74) is 1.55. The van der Waals surface area contributed by atoms with Gasteiger partial charge in [-0.25, -0.2) is 9.37 Å². The third kappa shape index (κ3) is 4.18. The van der Waals surface area contributed by atoms with E-state index in [4.69, 9.17) is 0 Å². The summed E-state index contributed by atoms with van der Waals surface area (Å²) in [5.74, 6) is -0.411. The van der Waals surface area contributed by atoms with Crippen LogP contribution in [0.1, 0.15) is 70.9 Å². The Kier molecular flexibility index (Phi) is 5.92. The molecule has 0 radical (unpaired) electrons. The number of fused-ring (bicyclic) bond motifs is 1. The van der Waals surface area contributed by atoms with Gasteiger partial charge in [-0.15, -0.1) is 0 Å². The van der Waals surface area contributed by atoms with Crippen molar-refractivity contribution in [2.24, 2.45) is 0 Å². The lowest BCUT2D eigenvalue weighted by Gasteiger charge is -2.22. The van der Waals surface area contributed by atoms with E-state index in [2.05, 4.69) is 10.3 Å². The Morgan fingerprint density at radius 1 is 1.00 bits per heavy atom. The number of imidazole rings is 1. The van der Waals surface area contributed by atoms with Crippen molar-refractivity contribution in [1.29, 1.82) is 0 Å². The second kappa shape index (κ2) is 8.76. The highest BCUT2D eigenvalue weighted by Gasteiger charge is 2.30. The molecule has 7 heteroatoms. The van der Waals surface area contributed by atoms with E-state index >= 15 is 0 Å². The second-order valence-electron chi connectivity index (χ2n) is 7.82. The van der Waals surface area contributed by atoms with E-state index in [-0.39, 0.29) is 24.2 Å². The van der Waals surface area contributed by atoms with Crippen molar-refractivity contribution in [2.75, 3.05) is 13.1 Å². The second-order valence-corrected chi connectivity index (χ2v) is 7.82. The van der Waals surface area contributed by atoms with Crippen LogP contribution < -0.4 is 5.32 Å². The molecule has 4 rings (SSSR count). The molecule has 6 nitrogen and oxygen atoms in total. The molecule has 0 bridgehead atoms. The average Bonchev–Trinajstić information content (AvgIpc) is 2.92. The van der Waals surface area contributed by atoms with Crippen LogP contribution in [-0.4, -0.2) is 39.4 Å². The predicted molar refractivity (Wildman–Crippen MR) is 107 cm³/mol. The maximum absolute atomic E-state index is 13.8. The molecule has 0 spiro atoms. The fraction of sp³-hybridized carbons (Fsp3) is 0.500. The topological polar surface area (TPSA) is 67.2 Å².